The van der Waals surface area contributed by atoms with Crippen molar-refractivity contribution in [3.63, 3.8) is 0 Å². The second-order valence-corrected chi connectivity index (χ2v) is 6.81. The normalized spacial score (nSPS) is 12.1. The van der Waals surface area contributed by atoms with E-state index in [0.717, 1.165) is 0 Å². The van der Waals surface area contributed by atoms with Crippen molar-refractivity contribution < 1.29 is 17.5 Å². The van der Waals surface area contributed by atoms with E-state index in [1.54, 1.807) is 13.8 Å². The molecule has 18 heavy (non-hydrogen) atoms. The minimum atomic E-state index is -3.24. The van der Waals surface area contributed by atoms with Gasteiger partial charge in [0.05, 0.1) is 5.25 Å². The van der Waals surface area contributed by atoms with Gasteiger partial charge in [-0.1, -0.05) is 0 Å². The third-order valence-corrected chi connectivity index (χ3v) is 4.76. The van der Waals surface area contributed by atoms with Crippen molar-refractivity contribution >= 4 is 10.0 Å². The van der Waals surface area contributed by atoms with E-state index >= 15 is 0 Å². The van der Waals surface area contributed by atoms with E-state index in [-0.39, 0.29) is 19.0 Å². The Hall–Kier alpha value is -1.14. The average molecular weight is 275 g/mol. The second kappa shape index (κ2) is 6.15. The summed E-state index contributed by atoms with van der Waals surface area (Å²) in [5.41, 5.74) is 0. The number of benzene rings is 1. The van der Waals surface area contributed by atoms with Crippen LogP contribution in [0.2, 0.25) is 0 Å². The molecule has 0 unspecified atom stereocenters. The highest BCUT2D eigenvalue weighted by Crippen LogP contribution is 2.11. The fourth-order valence-electron chi connectivity index (χ4n) is 1.31. The molecule has 0 aromatic heterocycles. The maximum Gasteiger partial charge on any atom is 0.216 e. The van der Waals surface area contributed by atoms with Gasteiger partial charge in [-0.15, -0.1) is 0 Å². The molecule has 0 aliphatic carbocycles. The van der Waals surface area contributed by atoms with E-state index in [4.69, 9.17) is 4.74 Å². The van der Waals surface area contributed by atoms with Gasteiger partial charge < -0.3 is 4.74 Å². The topological polar surface area (TPSA) is 46.6 Å². The van der Waals surface area contributed by atoms with Crippen LogP contribution in [0.4, 0.5) is 4.39 Å². The number of hydrogen-bond donors (Lipinski definition) is 0. The van der Waals surface area contributed by atoms with Crippen LogP contribution in [-0.4, -0.2) is 38.2 Å². The lowest BCUT2D eigenvalue weighted by molar-refractivity contribution is 0.286. The molecule has 4 nitrogen and oxygen atoms in total. The summed E-state index contributed by atoms with van der Waals surface area (Å²) in [7, 11) is -1.73. The van der Waals surface area contributed by atoms with Gasteiger partial charge >= 0.3 is 0 Å². The Labute approximate surface area is 107 Å². The number of sulfonamides is 1. The zero-order chi connectivity index (χ0) is 13.8. The summed E-state index contributed by atoms with van der Waals surface area (Å²) in [5, 5.41) is -0.451. The van der Waals surface area contributed by atoms with Gasteiger partial charge in [-0.3, -0.25) is 0 Å². The molecule has 0 N–H and O–H groups in total. The molecule has 0 bridgehead atoms. The van der Waals surface area contributed by atoms with Gasteiger partial charge in [0, 0.05) is 13.6 Å². The Bertz CT molecular complexity index is 471. The van der Waals surface area contributed by atoms with Crippen LogP contribution in [0.1, 0.15) is 13.8 Å². The summed E-state index contributed by atoms with van der Waals surface area (Å²) >= 11 is 0. The molecule has 0 aliphatic rings. The summed E-state index contributed by atoms with van der Waals surface area (Å²) in [5.74, 6) is 0.189. The van der Waals surface area contributed by atoms with E-state index in [1.165, 1.54) is 35.6 Å². The van der Waals surface area contributed by atoms with Crippen LogP contribution in [0.25, 0.3) is 0 Å². The molecule has 1 rings (SSSR count). The van der Waals surface area contributed by atoms with E-state index < -0.39 is 15.3 Å². The zero-order valence-corrected chi connectivity index (χ0v) is 11.6. The second-order valence-electron chi connectivity index (χ2n) is 4.22. The van der Waals surface area contributed by atoms with Gasteiger partial charge in [-0.05, 0) is 38.1 Å². The third kappa shape index (κ3) is 3.96. The molecule has 1 aromatic carbocycles. The van der Waals surface area contributed by atoms with Gasteiger partial charge in [0.25, 0.3) is 0 Å². The Kier molecular flexibility index (Phi) is 5.10. The van der Waals surface area contributed by atoms with E-state index in [2.05, 4.69) is 0 Å². The van der Waals surface area contributed by atoms with Crippen molar-refractivity contribution in [3.05, 3.63) is 30.1 Å². The molecule has 0 heterocycles. The molecule has 102 valence electrons. The third-order valence-electron chi connectivity index (χ3n) is 2.52. The lowest BCUT2D eigenvalue weighted by atomic mass is 10.3. The minimum absolute atomic E-state index is 0.230. The summed E-state index contributed by atoms with van der Waals surface area (Å²) in [6.45, 7) is 3.76. The Morgan fingerprint density at radius 3 is 2.33 bits per heavy atom. The van der Waals surface area contributed by atoms with Crippen LogP contribution in [-0.2, 0) is 10.0 Å². The molecule has 0 fully saturated rings. The summed E-state index contributed by atoms with van der Waals surface area (Å²) in [6.07, 6.45) is 0. The van der Waals surface area contributed by atoms with Crippen LogP contribution >= 0.6 is 0 Å². The summed E-state index contributed by atoms with van der Waals surface area (Å²) < 4.78 is 42.7. The smallest absolute Gasteiger partial charge is 0.216 e. The van der Waals surface area contributed by atoms with Crippen molar-refractivity contribution in [1.29, 1.82) is 0 Å². The quantitative estimate of drug-likeness (QED) is 0.796. The zero-order valence-electron chi connectivity index (χ0n) is 10.8. The van der Waals surface area contributed by atoms with Crippen LogP contribution in [0.15, 0.2) is 24.3 Å². The molecule has 0 spiro atoms. The number of nitrogens with zero attached hydrogens (tertiary/aromatic N) is 1. The lowest BCUT2D eigenvalue weighted by Crippen LogP contribution is -2.35. The average Bonchev–Trinajstić information content (AvgIpc) is 2.31. The predicted molar refractivity (Wildman–Crippen MR) is 68.6 cm³/mol. The highest BCUT2D eigenvalue weighted by Gasteiger charge is 2.21. The maximum absolute atomic E-state index is 12.6. The van der Waals surface area contributed by atoms with Crippen molar-refractivity contribution in [1.82, 2.24) is 4.31 Å². The van der Waals surface area contributed by atoms with Crippen molar-refractivity contribution in [2.45, 2.75) is 19.1 Å². The largest absolute Gasteiger partial charge is 0.492 e. The molecule has 0 amide bonds. The van der Waals surface area contributed by atoms with Crippen LogP contribution in [0, 0.1) is 5.82 Å². The van der Waals surface area contributed by atoms with Crippen LogP contribution < -0.4 is 4.74 Å². The molecular weight excluding hydrogens is 257 g/mol. The molecule has 0 saturated heterocycles. The maximum atomic E-state index is 12.6. The Morgan fingerprint density at radius 2 is 1.83 bits per heavy atom. The summed E-state index contributed by atoms with van der Waals surface area (Å²) in [4.78, 5) is 0. The van der Waals surface area contributed by atoms with E-state index in [1.807, 2.05) is 0 Å². The highest BCUT2D eigenvalue weighted by atomic mass is 32.2. The predicted octanol–water partition coefficient (Wildman–Crippen LogP) is 1.87. The molecule has 0 aliphatic heterocycles. The Balaban J connectivity index is 2.45. The number of ether oxygens (including phenoxy) is 1. The van der Waals surface area contributed by atoms with Gasteiger partial charge in [0.15, 0.2) is 0 Å². The van der Waals surface area contributed by atoms with Gasteiger partial charge in [-0.25, -0.2) is 17.1 Å². The Morgan fingerprint density at radius 1 is 1.28 bits per heavy atom. The van der Waals surface area contributed by atoms with Crippen molar-refractivity contribution in [2.24, 2.45) is 0 Å². The monoisotopic (exact) mass is 275 g/mol. The number of rotatable bonds is 6. The molecule has 6 heteroatoms. The van der Waals surface area contributed by atoms with E-state index in [9.17, 15) is 12.8 Å². The SMILES string of the molecule is CC(C)S(=O)(=O)N(C)CCOc1ccc(F)cc1. The molecule has 0 atom stereocenters. The van der Waals surface area contributed by atoms with Gasteiger partial charge in [-0.2, -0.15) is 0 Å². The fraction of sp³-hybridized carbons (Fsp3) is 0.500. The van der Waals surface area contributed by atoms with Crippen molar-refractivity contribution in [2.75, 3.05) is 20.2 Å². The highest BCUT2D eigenvalue weighted by molar-refractivity contribution is 7.89. The standard InChI is InChI=1S/C12H18FNO3S/c1-10(2)18(15,16)14(3)8-9-17-12-6-4-11(13)5-7-12/h4-7,10H,8-9H2,1-3H3. The molecular formula is C12H18FNO3S. The molecule has 0 saturated carbocycles. The first-order valence-corrected chi connectivity index (χ1v) is 7.18. The number of halogens is 1. The fourth-order valence-corrected chi connectivity index (χ4v) is 2.36. The molecule has 1 aromatic rings. The van der Waals surface area contributed by atoms with Crippen LogP contribution in [0.3, 0.4) is 0 Å². The van der Waals surface area contributed by atoms with Gasteiger partial charge in [0.1, 0.15) is 18.2 Å². The summed E-state index contributed by atoms with van der Waals surface area (Å²) in [6, 6.07) is 5.60. The molecule has 0 radical (unpaired) electrons. The number of hydrogen-bond acceptors (Lipinski definition) is 3. The lowest BCUT2D eigenvalue weighted by Gasteiger charge is -2.19. The number of likely N-dealkylation sites (N-methyl/N-ethyl adjacent to an activating group) is 1. The first-order valence-electron chi connectivity index (χ1n) is 5.67. The first-order chi connectivity index (χ1) is 8.34. The van der Waals surface area contributed by atoms with E-state index in [0.29, 0.717) is 5.75 Å². The first kappa shape index (κ1) is 14.9. The minimum Gasteiger partial charge on any atom is -0.492 e. The van der Waals surface area contributed by atoms with Crippen molar-refractivity contribution in [3.8, 4) is 5.75 Å². The van der Waals surface area contributed by atoms with Gasteiger partial charge in [0.2, 0.25) is 10.0 Å². The van der Waals surface area contributed by atoms with Crippen LogP contribution in [0.5, 0.6) is 5.75 Å².